The van der Waals surface area contributed by atoms with E-state index in [1.54, 1.807) is 0 Å². The molecule has 10 aromatic carbocycles. The number of para-hydroxylation sites is 3. The first-order chi connectivity index (χ1) is 32.2. The summed E-state index contributed by atoms with van der Waals surface area (Å²) in [5.74, 6) is 1.71. The van der Waals surface area contributed by atoms with Gasteiger partial charge in [-0.3, -0.25) is 0 Å². The van der Waals surface area contributed by atoms with Crippen molar-refractivity contribution in [2.45, 2.75) is 0 Å². The highest BCUT2D eigenvalue weighted by Crippen LogP contribution is 2.44. The normalized spacial score (nSPS) is 12.0. The maximum absolute atomic E-state index is 6.69. The van der Waals surface area contributed by atoms with Gasteiger partial charge >= 0.3 is 0 Å². The lowest BCUT2D eigenvalue weighted by Crippen LogP contribution is -2.01. The second-order valence-corrected chi connectivity index (χ2v) is 16.6. The number of fused-ring (bicyclic) bond motifs is 11. The van der Waals surface area contributed by atoms with Gasteiger partial charge in [-0.05, 0) is 98.4 Å². The van der Waals surface area contributed by atoms with Crippen LogP contribution in [0.4, 0.5) is 0 Å². The van der Waals surface area contributed by atoms with Gasteiger partial charge in [0.25, 0.3) is 0 Å². The monoisotopic (exact) mass is 831 g/mol. The number of nitrogens with zero attached hydrogens (tertiary/aromatic N) is 3. The minimum absolute atomic E-state index is 0.544. The van der Waals surface area contributed by atoms with Crippen LogP contribution in [0.25, 0.3) is 144 Å². The fourth-order valence-electron chi connectivity index (χ4n) is 9.96. The molecular formula is C59H33N3O3. The topological polar surface area (TPSA) is 78.1 Å². The van der Waals surface area contributed by atoms with Crippen molar-refractivity contribution in [3.63, 3.8) is 0 Å². The predicted octanol–water partition coefficient (Wildman–Crippen LogP) is 16.2. The van der Waals surface area contributed by atoms with Gasteiger partial charge in [-0.2, -0.15) is 0 Å². The molecule has 0 bridgehead atoms. The Morgan fingerprint density at radius 3 is 1.63 bits per heavy atom. The molecule has 0 spiro atoms. The molecule has 0 aliphatic rings. The fourth-order valence-corrected chi connectivity index (χ4v) is 9.96. The van der Waals surface area contributed by atoms with Gasteiger partial charge in [0.1, 0.15) is 33.5 Å². The number of rotatable bonds is 5. The van der Waals surface area contributed by atoms with E-state index in [4.69, 9.17) is 28.2 Å². The predicted molar refractivity (Wildman–Crippen MR) is 264 cm³/mol. The smallest absolute Gasteiger partial charge is 0.167 e. The third kappa shape index (κ3) is 5.51. The van der Waals surface area contributed by atoms with Gasteiger partial charge in [-0.15, -0.1) is 0 Å². The van der Waals surface area contributed by atoms with Gasteiger partial charge in [0, 0.05) is 43.4 Å². The standard InChI is InChI=1S/C59H33N3O3/c1-2-13-35-32-37(27-26-34(35)12-1)57-60-58(62-59(61-57)48-21-9-20-44-42-16-5-7-22-49(42)65-56(44)48)45-31-30-41(39-14-3-4-15-40(39)45)43-19-11-25-52-55(43)47-29-28-36(33-53(47)64-52)38-18-10-24-51-54(38)46-17-6-8-23-50(46)63-51/h1-33H. The lowest BCUT2D eigenvalue weighted by molar-refractivity contribution is 0.668. The first-order valence-corrected chi connectivity index (χ1v) is 21.7. The molecular weight excluding hydrogens is 799 g/mol. The van der Waals surface area contributed by atoms with Gasteiger partial charge < -0.3 is 13.3 Å². The molecule has 0 amide bonds. The van der Waals surface area contributed by atoms with Crippen molar-refractivity contribution in [3.8, 4) is 56.4 Å². The highest BCUT2D eigenvalue weighted by atomic mass is 16.3. The zero-order valence-corrected chi connectivity index (χ0v) is 34.6. The molecule has 6 heteroatoms. The number of furan rings is 3. The summed E-state index contributed by atoms with van der Waals surface area (Å²) in [6.45, 7) is 0. The van der Waals surface area contributed by atoms with E-state index >= 15 is 0 Å². The zero-order valence-electron chi connectivity index (χ0n) is 34.6. The zero-order chi connectivity index (χ0) is 42.6. The van der Waals surface area contributed by atoms with Crippen molar-refractivity contribution in [3.05, 3.63) is 200 Å². The van der Waals surface area contributed by atoms with E-state index in [0.29, 0.717) is 17.5 Å². The maximum Gasteiger partial charge on any atom is 0.167 e. The Kier molecular flexibility index (Phi) is 7.59. The summed E-state index contributed by atoms with van der Waals surface area (Å²) in [7, 11) is 0. The molecule has 6 nitrogen and oxygen atoms in total. The first-order valence-electron chi connectivity index (χ1n) is 21.7. The van der Waals surface area contributed by atoms with E-state index in [0.717, 1.165) is 126 Å². The van der Waals surface area contributed by atoms with Gasteiger partial charge in [-0.1, -0.05) is 146 Å². The van der Waals surface area contributed by atoms with Gasteiger partial charge in [0.05, 0.1) is 5.56 Å². The fraction of sp³-hybridized carbons (Fsp3) is 0. The molecule has 14 aromatic rings. The Balaban J connectivity index is 0.946. The number of benzene rings is 10. The van der Waals surface area contributed by atoms with E-state index in [9.17, 15) is 0 Å². The highest BCUT2D eigenvalue weighted by molar-refractivity contribution is 6.18. The molecule has 0 fully saturated rings. The quantitative estimate of drug-likeness (QED) is 0.172. The van der Waals surface area contributed by atoms with E-state index in [-0.39, 0.29) is 0 Å². The summed E-state index contributed by atoms with van der Waals surface area (Å²) in [6, 6.07) is 69.2. The average Bonchev–Trinajstić information content (AvgIpc) is 4.07. The summed E-state index contributed by atoms with van der Waals surface area (Å²) in [6.07, 6.45) is 0. The van der Waals surface area contributed by atoms with E-state index in [1.165, 1.54) is 0 Å². The molecule has 0 saturated heterocycles. The lowest BCUT2D eigenvalue weighted by Gasteiger charge is -2.14. The van der Waals surface area contributed by atoms with Crippen LogP contribution < -0.4 is 0 Å². The van der Waals surface area contributed by atoms with Crippen LogP contribution in [0.3, 0.4) is 0 Å². The van der Waals surface area contributed by atoms with Crippen LogP contribution in [-0.4, -0.2) is 15.0 Å². The molecule has 4 heterocycles. The number of hydrogen-bond acceptors (Lipinski definition) is 6. The number of hydrogen-bond donors (Lipinski definition) is 0. The summed E-state index contributed by atoms with van der Waals surface area (Å²) < 4.78 is 19.5. The Morgan fingerprint density at radius 2 is 0.800 bits per heavy atom. The lowest BCUT2D eigenvalue weighted by atomic mass is 9.92. The summed E-state index contributed by atoms with van der Waals surface area (Å²) >= 11 is 0. The molecule has 0 aliphatic heterocycles. The Hall–Kier alpha value is -8.87. The molecule has 0 radical (unpaired) electrons. The highest BCUT2D eigenvalue weighted by Gasteiger charge is 2.22. The second kappa shape index (κ2) is 13.8. The Bertz CT molecular complexity index is 4270. The van der Waals surface area contributed by atoms with Crippen molar-refractivity contribution in [1.82, 2.24) is 15.0 Å². The largest absolute Gasteiger partial charge is 0.456 e. The molecule has 0 N–H and O–H groups in total. The molecule has 14 rings (SSSR count). The van der Waals surface area contributed by atoms with Crippen LogP contribution >= 0.6 is 0 Å². The molecule has 65 heavy (non-hydrogen) atoms. The maximum atomic E-state index is 6.69. The van der Waals surface area contributed by atoms with Gasteiger partial charge in [0.15, 0.2) is 17.5 Å². The SMILES string of the molecule is c1ccc2cc(-c3nc(-c4ccc(-c5cccc6oc7cc(-c8cccc9oc%10ccccc%10c89)ccc7c56)c5ccccc45)nc(-c4cccc5c4oc4ccccc45)n3)ccc2c1. The van der Waals surface area contributed by atoms with Gasteiger partial charge in [-0.25, -0.2) is 15.0 Å². The Labute approximate surface area is 370 Å². The summed E-state index contributed by atoms with van der Waals surface area (Å²) in [4.78, 5) is 15.7. The molecule has 0 saturated carbocycles. The Morgan fingerprint density at radius 1 is 0.262 bits per heavy atom. The minimum atomic E-state index is 0.544. The third-order valence-electron chi connectivity index (χ3n) is 13.0. The van der Waals surface area contributed by atoms with Crippen LogP contribution in [0.1, 0.15) is 0 Å². The van der Waals surface area contributed by atoms with Crippen LogP contribution in [0, 0.1) is 0 Å². The van der Waals surface area contributed by atoms with E-state index < -0.39 is 0 Å². The van der Waals surface area contributed by atoms with Crippen LogP contribution in [0.2, 0.25) is 0 Å². The first kappa shape index (κ1) is 35.7. The van der Waals surface area contributed by atoms with Gasteiger partial charge in [0.2, 0.25) is 0 Å². The van der Waals surface area contributed by atoms with Crippen LogP contribution in [-0.2, 0) is 0 Å². The molecule has 302 valence electrons. The van der Waals surface area contributed by atoms with Crippen LogP contribution in [0.15, 0.2) is 213 Å². The van der Waals surface area contributed by atoms with Crippen molar-refractivity contribution >= 4 is 87.4 Å². The molecule has 4 aromatic heterocycles. The van der Waals surface area contributed by atoms with Crippen molar-refractivity contribution in [2.75, 3.05) is 0 Å². The van der Waals surface area contributed by atoms with E-state index in [1.807, 2.05) is 48.5 Å². The van der Waals surface area contributed by atoms with Crippen molar-refractivity contribution in [1.29, 1.82) is 0 Å². The summed E-state index contributed by atoms with van der Waals surface area (Å²) in [5.41, 5.74) is 11.9. The number of aromatic nitrogens is 3. The molecule has 0 atom stereocenters. The average molecular weight is 832 g/mol. The van der Waals surface area contributed by atoms with Crippen molar-refractivity contribution < 1.29 is 13.3 Å². The molecule has 0 aliphatic carbocycles. The second-order valence-electron chi connectivity index (χ2n) is 16.6. The minimum Gasteiger partial charge on any atom is -0.456 e. The third-order valence-corrected chi connectivity index (χ3v) is 13.0. The van der Waals surface area contributed by atoms with Crippen LogP contribution in [0.5, 0.6) is 0 Å². The molecule has 0 unspecified atom stereocenters. The van der Waals surface area contributed by atoms with E-state index in [2.05, 4.69) is 152 Å². The summed E-state index contributed by atoms with van der Waals surface area (Å²) in [5, 5.41) is 10.8. The van der Waals surface area contributed by atoms with Crippen molar-refractivity contribution in [2.24, 2.45) is 0 Å².